The molecular weight excluding hydrogens is 232 g/mol. The Morgan fingerprint density at radius 2 is 1.84 bits per heavy atom. The average Bonchev–Trinajstić information content (AvgIpc) is 2.46. The molecule has 0 aliphatic heterocycles. The van der Waals surface area contributed by atoms with Crippen LogP contribution < -0.4 is 0 Å². The highest BCUT2D eigenvalue weighted by molar-refractivity contribution is 6.04. The minimum absolute atomic E-state index is 0.875. The van der Waals surface area contributed by atoms with E-state index < -0.39 is 0 Å². The van der Waals surface area contributed by atoms with Gasteiger partial charge in [-0.05, 0) is 49.4 Å². The number of nitrogens with zero attached hydrogens (tertiary/aromatic N) is 2. The summed E-state index contributed by atoms with van der Waals surface area (Å²) in [5.41, 5.74) is 6.57. The summed E-state index contributed by atoms with van der Waals surface area (Å²) < 4.78 is 0. The van der Waals surface area contributed by atoms with E-state index in [1.54, 1.807) is 7.05 Å². The van der Waals surface area contributed by atoms with Gasteiger partial charge in [-0.25, -0.2) is 0 Å². The topological polar surface area (TPSA) is 24.7 Å². The molecule has 0 atom stereocenters. The standard InChI is InChI=1S/C17H18N2/c1-12-7-5-6-8-15(12)14-9-10-17(19-4)16(11-14)13(2)18-3/h5-11H,4H2,1-3H3. The van der Waals surface area contributed by atoms with Crippen molar-refractivity contribution < 1.29 is 0 Å². The molecular formula is C17H18N2. The van der Waals surface area contributed by atoms with Gasteiger partial charge in [0.2, 0.25) is 0 Å². The molecule has 0 bridgehead atoms. The second kappa shape index (κ2) is 5.61. The molecule has 2 aromatic rings. The Morgan fingerprint density at radius 1 is 1.11 bits per heavy atom. The predicted molar refractivity (Wildman–Crippen MR) is 84.0 cm³/mol. The maximum Gasteiger partial charge on any atom is 0.0713 e. The Bertz CT molecular complexity index is 639. The molecule has 0 aromatic heterocycles. The Labute approximate surface area is 114 Å². The first kappa shape index (κ1) is 13.2. The molecule has 0 saturated carbocycles. The zero-order valence-electron chi connectivity index (χ0n) is 11.6. The predicted octanol–water partition coefficient (Wildman–Crippen LogP) is 4.43. The molecule has 2 heteroatoms. The second-order valence-corrected chi connectivity index (χ2v) is 4.51. The first-order chi connectivity index (χ1) is 9.17. The smallest absolute Gasteiger partial charge is 0.0713 e. The molecule has 0 radical (unpaired) electrons. The molecule has 19 heavy (non-hydrogen) atoms. The molecule has 0 heterocycles. The maximum absolute atomic E-state index is 4.25. The Morgan fingerprint density at radius 3 is 2.47 bits per heavy atom. The van der Waals surface area contributed by atoms with E-state index in [9.17, 15) is 0 Å². The van der Waals surface area contributed by atoms with E-state index in [4.69, 9.17) is 0 Å². The summed E-state index contributed by atoms with van der Waals surface area (Å²) in [4.78, 5) is 8.32. The normalized spacial score (nSPS) is 11.4. The number of rotatable bonds is 3. The molecule has 0 N–H and O–H groups in total. The molecule has 0 amide bonds. The van der Waals surface area contributed by atoms with Crippen molar-refractivity contribution in [3.63, 3.8) is 0 Å². The summed E-state index contributed by atoms with van der Waals surface area (Å²) in [6.45, 7) is 7.74. The van der Waals surface area contributed by atoms with Crippen LogP contribution in [-0.4, -0.2) is 19.5 Å². The lowest BCUT2D eigenvalue weighted by Gasteiger charge is -2.10. The summed E-state index contributed by atoms with van der Waals surface area (Å²) in [5.74, 6) is 0. The van der Waals surface area contributed by atoms with E-state index in [1.165, 1.54) is 16.7 Å². The van der Waals surface area contributed by atoms with Crippen LogP contribution in [0.1, 0.15) is 18.1 Å². The minimum atomic E-state index is 0.875. The van der Waals surface area contributed by atoms with Gasteiger partial charge in [-0.2, -0.15) is 0 Å². The second-order valence-electron chi connectivity index (χ2n) is 4.51. The molecule has 0 aliphatic rings. The first-order valence-corrected chi connectivity index (χ1v) is 6.28. The fraction of sp³-hybridized carbons (Fsp3) is 0.176. The van der Waals surface area contributed by atoms with Gasteiger partial charge in [0.15, 0.2) is 0 Å². The zero-order valence-corrected chi connectivity index (χ0v) is 11.6. The lowest BCUT2D eigenvalue weighted by atomic mass is 9.97. The van der Waals surface area contributed by atoms with Gasteiger partial charge in [-0.15, -0.1) is 0 Å². The van der Waals surface area contributed by atoms with Gasteiger partial charge in [-0.1, -0.05) is 30.3 Å². The fourth-order valence-electron chi connectivity index (χ4n) is 2.15. The average molecular weight is 250 g/mol. The van der Waals surface area contributed by atoms with Crippen molar-refractivity contribution in [3.8, 4) is 11.1 Å². The molecule has 0 spiro atoms. The Kier molecular flexibility index (Phi) is 3.91. The van der Waals surface area contributed by atoms with Crippen molar-refractivity contribution >= 4 is 18.1 Å². The van der Waals surface area contributed by atoms with Gasteiger partial charge in [-0.3, -0.25) is 9.98 Å². The molecule has 2 nitrogen and oxygen atoms in total. The molecule has 2 aromatic carbocycles. The van der Waals surface area contributed by atoms with E-state index in [2.05, 4.69) is 60.0 Å². The lowest BCUT2D eigenvalue weighted by Crippen LogP contribution is -1.96. The summed E-state index contributed by atoms with van der Waals surface area (Å²) in [7, 11) is 1.79. The van der Waals surface area contributed by atoms with E-state index in [0.717, 1.165) is 17.0 Å². The van der Waals surface area contributed by atoms with E-state index >= 15 is 0 Å². The molecule has 0 fully saturated rings. The van der Waals surface area contributed by atoms with Crippen LogP contribution in [0.3, 0.4) is 0 Å². The molecule has 2 rings (SSSR count). The Hall–Kier alpha value is -2.22. The molecule has 0 unspecified atom stereocenters. The number of aryl methyl sites for hydroxylation is 1. The summed E-state index contributed by atoms with van der Waals surface area (Å²) >= 11 is 0. The van der Waals surface area contributed by atoms with Gasteiger partial charge in [0.1, 0.15) is 0 Å². The van der Waals surface area contributed by atoms with Gasteiger partial charge in [0.05, 0.1) is 5.69 Å². The monoisotopic (exact) mass is 250 g/mol. The molecule has 96 valence electrons. The van der Waals surface area contributed by atoms with Crippen LogP contribution in [0.25, 0.3) is 11.1 Å². The summed E-state index contributed by atoms with van der Waals surface area (Å²) in [6.07, 6.45) is 0. The van der Waals surface area contributed by atoms with Crippen LogP contribution >= 0.6 is 0 Å². The quantitative estimate of drug-likeness (QED) is 0.720. The van der Waals surface area contributed by atoms with E-state index in [1.807, 2.05) is 13.0 Å². The van der Waals surface area contributed by atoms with Gasteiger partial charge >= 0.3 is 0 Å². The van der Waals surface area contributed by atoms with Crippen LogP contribution in [0.15, 0.2) is 52.4 Å². The van der Waals surface area contributed by atoms with Crippen LogP contribution in [0, 0.1) is 6.92 Å². The highest BCUT2D eigenvalue weighted by Gasteiger charge is 2.08. The third-order valence-corrected chi connectivity index (χ3v) is 3.35. The third kappa shape index (κ3) is 2.63. The Balaban J connectivity index is 2.62. The van der Waals surface area contributed by atoms with Gasteiger partial charge in [0.25, 0.3) is 0 Å². The van der Waals surface area contributed by atoms with Crippen molar-refractivity contribution in [2.24, 2.45) is 9.98 Å². The maximum atomic E-state index is 4.25. The lowest BCUT2D eigenvalue weighted by molar-refractivity contribution is 1.39. The van der Waals surface area contributed by atoms with Crippen LogP contribution in [-0.2, 0) is 0 Å². The highest BCUT2D eigenvalue weighted by Crippen LogP contribution is 2.29. The first-order valence-electron chi connectivity index (χ1n) is 6.28. The van der Waals surface area contributed by atoms with Crippen LogP contribution in [0.2, 0.25) is 0 Å². The number of hydrogen-bond donors (Lipinski definition) is 0. The largest absolute Gasteiger partial charge is 0.293 e. The number of aliphatic imine (C=N–C) groups is 2. The number of hydrogen-bond acceptors (Lipinski definition) is 2. The molecule has 0 aliphatic carbocycles. The SMILES string of the molecule is C=Nc1ccc(-c2ccccc2C)cc1C(C)=NC. The number of benzene rings is 2. The van der Waals surface area contributed by atoms with Crippen molar-refractivity contribution in [1.29, 1.82) is 0 Å². The van der Waals surface area contributed by atoms with E-state index in [-0.39, 0.29) is 0 Å². The zero-order chi connectivity index (χ0) is 13.8. The fourth-order valence-corrected chi connectivity index (χ4v) is 2.15. The van der Waals surface area contributed by atoms with Crippen LogP contribution in [0.5, 0.6) is 0 Å². The van der Waals surface area contributed by atoms with Crippen molar-refractivity contribution in [1.82, 2.24) is 0 Å². The van der Waals surface area contributed by atoms with E-state index in [0.29, 0.717) is 0 Å². The third-order valence-electron chi connectivity index (χ3n) is 3.35. The van der Waals surface area contributed by atoms with Gasteiger partial charge < -0.3 is 0 Å². The molecule has 0 saturated heterocycles. The highest BCUT2D eigenvalue weighted by atomic mass is 14.7. The summed E-state index contributed by atoms with van der Waals surface area (Å²) in [6, 6.07) is 14.6. The van der Waals surface area contributed by atoms with Gasteiger partial charge in [0, 0.05) is 18.3 Å². The van der Waals surface area contributed by atoms with Crippen LogP contribution in [0.4, 0.5) is 5.69 Å². The van der Waals surface area contributed by atoms with Crippen molar-refractivity contribution in [2.45, 2.75) is 13.8 Å². The van der Waals surface area contributed by atoms with Crippen molar-refractivity contribution in [3.05, 3.63) is 53.6 Å². The van der Waals surface area contributed by atoms with Crippen molar-refractivity contribution in [2.75, 3.05) is 7.05 Å². The summed E-state index contributed by atoms with van der Waals surface area (Å²) in [5, 5.41) is 0. The minimum Gasteiger partial charge on any atom is -0.293 e.